The molecule has 1 heteroatoms. The molecule has 57 valence electrons. The molecule has 0 aliphatic heterocycles. The molecular weight excluding hydrogens is 139 g/mol. The monoisotopic (exact) mass is 149 g/mol. The molecule has 1 radical (unpaired) electrons. The maximum atomic E-state index is 13.0. The van der Waals surface area contributed by atoms with Crippen molar-refractivity contribution in [2.75, 3.05) is 0 Å². The normalized spacial score (nSPS) is 9.64. The Hall–Kier alpha value is -1.11. The molecule has 0 nitrogen and oxygen atoms in total. The smallest absolute Gasteiger partial charge is 0.127 e. The van der Waals surface area contributed by atoms with E-state index in [-0.39, 0.29) is 5.82 Å². The van der Waals surface area contributed by atoms with Crippen molar-refractivity contribution in [1.29, 1.82) is 0 Å². The van der Waals surface area contributed by atoms with Gasteiger partial charge in [0.05, 0.1) is 0 Å². The predicted octanol–water partition coefficient (Wildman–Crippen LogP) is 2.73. The largest absolute Gasteiger partial charge is 0.207 e. The average molecular weight is 149 g/mol. The Labute approximate surface area is 66.4 Å². The van der Waals surface area contributed by atoms with Crippen LogP contribution in [-0.4, -0.2) is 0 Å². The highest BCUT2D eigenvalue weighted by molar-refractivity contribution is 5.27. The van der Waals surface area contributed by atoms with Gasteiger partial charge in [0.15, 0.2) is 0 Å². The molecule has 0 atom stereocenters. The summed E-state index contributed by atoms with van der Waals surface area (Å²) < 4.78 is 13.0. The zero-order valence-corrected chi connectivity index (χ0v) is 6.52. The van der Waals surface area contributed by atoms with Crippen LogP contribution in [0.15, 0.2) is 24.8 Å². The first-order valence-electron chi connectivity index (χ1n) is 3.59. The highest BCUT2D eigenvalue weighted by Crippen LogP contribution is 2.10. The van der Waals surface area contributed by atoms with E-state index in [1.54, 1.807) is 6.07 Å². The van der Waals surface area contributed by atoms with Crippen LogP contribution in [0.5, 0.6) is 0 Å². The molecule has 1 aromatic rings. The maximum Gasteiger partial charge on any atom is 0.127 e. The SMILES string of the molecule is C=[C]c1ccc(CC)c(F)c1. The van der Waals surface area contributed by atoms with Gasteiger partial charge in [-0.05, 0) is 29.7 Å². The summed E-state index contributed by atoms with van der Waals surface area (Å²) in [4.78, 5) is 0. The van der Waals surface area contributed by atoms with Gasteiger partial charge in [-0.25, -0.2) is 4.39 Å². The van der Waals surface area contributed by atoms with Crippen molar-refractivity contribution in [3.8, 4) is 0 Å². The molecule has 0 saturated carbocycles. The molecule has 0 unspecified atom stereocenters. The molecule has 0 aromatic heterocycles. The lowest BCUT2D eigenvalue weighted by atomic mass is 10.1. The number of hydrogen-bond acceptors (Lipinski definition) is 0. The summed E-state index contributed by atoms with van der Waals surface area (Å²) in [5, 5.41) is 0. The molecule has 0 saturated heterocycles. The molecule has 1 aromatic carbocycles. The Kier molecular flexibility index (Phi) is 2.42. The Morgan fingerprint density at radius 3 is 2.73 bits per heavy atom. The van der Waals surface area contributed by atoms with E-state index >= 15 is 0 Å². The molecule has 0 heterocycles. The van der Waals surface area contributed by atoms with Gasteiger partial charge in [0, 0.05) is 0 Å². The van der Waals surface area contributed by atoms with Crippen LogP contribution in [0.2, 0.25) is 0 Å². The van der Waals surface area contributed by atoms with Crippen LogP contribution in [0.25, 0.3) is 0 Å². The van der Waals surface area contributed by atoms with Crippen molar-refractivity contribution in [2.24, 2.45) is 0 Å². The second kappa shape index (κ2) is 3.33. The lowest BCUT2D eigenvalue weighted by Gasteiger charge is -1.99. The molecule has 0 bridgehead atoms. The molecule has 0 spiro atoms. The van der Waals surface area contributed by atoms with Gasteiger partial charge in [-0.15, -0.1) is 0 Å². The highest BCUT2D eigenvalue weighted by Gasteiger charge is 1.98. The van der Waals surface area contributed by atoms with E-state index in [9.17, 15) is 4.39 Å². The third-order valence-corrected chi connectivity index (χ3v) is 1.64. The van der Waals surface area contributed by atoms with Crippen LogP contribution in [0.3, 0.4) is 0 Å². The summed E-state index contributed by atoms with van der Waals surface area (Å²) >= 11 is 0. The standard InChI is InChI=1S/C10H10F/c1-3-8-5-6-9(4-2)10(11)7-8/h5-7H,1,4H2,2H3. The van der Waals surface area contributed by atoms with Gasteiger partial charge < -0.3 is 0 Å². The Morgan fingerprint density at radius 1 is 1.55 bits per heavy atom. The molecule has 0 fully saturated rings. The van der Waals surface area contributed by atoms with Gasteiger partial charge >= 0.3 is 0 Å². The van der Waals surface area contributed by atoms with Crippen molar-refractivity contribution in [3.05, 3.63) is 47.8 Å². The minimum Gasteiger partial charge on any atom is -0.207 e. The van der Waals surface area contributed by atoms with E-state index < -0.39 is 0 Å². The van der Waals surface area contributed by atoms with Crippen LogP contribution in [0, 0.1) is 11.9 Å². The zero-order valence-electron chi connectivity index (χ0n) is 6.52. The van der Waals surface area contributed by atoms with E-state index in [2.05, 4.69) is 12.7 Å². The summed E-state index contributed by atoms with van der Waals surface area (Å²) in [6.45, 7) is 5.36. The van der Waals surface area contributed by atoms with E-state index in [0.717, 1.165) is 12.0 Å². The number of hydrogen-bond donors (Lipinski definition) is 0. The quantitative estimate of drug-likeness (QED) is 0.606. The average Bonchev–Trinajstić information content (AvgIpc) is 2.04. The summed E-state index contributed by atoms with van der Waals surface area (Å²) in [6, 6.07) is 5.03. The lowest BCUT2D eigenvalue weighted by Crippen LogP contribution is -1.87. The second-order valence-corrected chi connectivity index (χ2v) is 2.34. The third kappa shape index (κ3) is 1.67. The summed E-state index contributed by atoms with van der Waals surface area (Å²) in [7, 11) is 0. The van der Waals surface area contributed by atoms with E-state index in [1.165, 1.54) is 6.07 Å². The Morgan fingerprint density at radius 2 is 2.27 bits per heavy atom. The highest BCUT2D eigenvalue weighted by atomic mass is 19.1. The number of halogens is 1. The van der Waals surface area contributed by atoms with E-state index in [4.69, 9.17) is 0 Å². The first-order valence-corrected chi connectivity index (χ1v) is 3.59. The molecule has 0 aliphatic carbocycles. The van der Waals surface area contributed by atoms with Gasteiger partial charge in [0.25, 0.3) is 0 Å². The Bertz CT molecular complexity index is 264. The van der Waals surface area contributed by atoms with Crippen LogP contribution in [0.4, 0.5) is 4.39 Å². The maximum absolute atomic E-state index is 13.0. The zero-order chi connectivity index (χ0) is 8.27. The van der Waals surface area contributed by atoms with Gasteiger partial charge in [-0.2, -0.15) is 0 Å². The van der Waals surface area contributed by atoms with Crippen LogP contribution < -0.4 is 0 Å². The molecule has 1 rings (SSSR count). The van der Waals surface area contributed by atoms with Gasteiger partial charge in [-0.3, -0.25) is 0 Å². The first kappa shape index (κ1) is 7.99. The fourth-order valence-electron chi connectivity index (χ4n) is 0.944. The van der Waals surface area contributed by atoms with Gasteiger partial charge in [0.1, 0.15) is 5.82 Å². The Balaban J connectivity index is 3.09. The lowest BCUT2D eigenvalue weighted by molar-refractivity contribution is 0.611. The summed E-state index contributed by atoms with van der Waals surface area (Å²) in [6.07, 6.45) is 3.35. The second-order valence-electron chi connectivity index (χ2n) is 2.34. The molecule has 0 N–H and O–H groups in total. The molecule has 0 amide bonds. The van der Waals surface area contributed by atoms with Crippen molar-refractivity contribution in [3.63, 3.8) is 0 Å². The van der Waals surface area contributed by atoms with Crippen LogP contribution in [0.1, 0.15) is 18.1 Å². The fourth-order valence-corrected chi connectivity index (χ4v) is 0.944. The topological polar surface area (TPSA) is 0 Å². The van der Waals surface area contributed by atoms with Gasteiger partial charge in [-0.1, -0.05) is 25.6 Å². The molecule has 0 aliphatic rings. The molecular formula is C10H10F. The van der Waals surface area contributed by atoms with Crippen LogP contribution in [-0.2, 0) is 6.42 Å². The fraction of sp³-hybridized carbons (Fsp3) is 0.200. The van der Waals surface area contributed by atoms with Crippen molar-refractivity contribution in [1.82, 2.24) is 0 Å². The summed E-state index contributed by atoms with van der Waals surface area (Å²) in [5.41, 5.74) is 1.45. The number of rotatable bonds is 2. The van der Waals surface area contributed by atoms with Crippen LogP contribution >= 0.6 is 0 Å². The third-order valence-electron chi connectivity index (χ3n) is 1.64. The number of aryl methyl sites for hydroxylation is 1. The van der Waals surface area contributed by atoms with Crippen molar-refractivity contribution in [2.45, 2.75) is 13.3 Å². The minimum absolute atomic E-state index is 0.166. The van der Waals surface area contributed by atoms with E-state index in [1.807, 2.05) is 13.0 Å². The minimum atomic E-state index is -0.166. The van der Waals surface area contributed by atoms with Crippen molar-refractivity contribution >= 4 is 0 Å². The molecule has 11 heavy (non-hydrogen) atoms. The van der Waals surface area contributed by atoms with Crippen molar-refractivity contribution < 1.29 is 4.39 Å². The van der Waals surface area contributed by atoms with E-state index in [0.29, 0.717) is 5.56 Å². The summed E-state index contributed by atoms with van der Waals surface area (Å²) in [5.74, 6) is -0.166. The number of benzene rings is 1. The first-order chi connectivity index (χ1) is 5.27. The van der Waals surface area contributed by atoms with Gasteiger partial charge in [0.2, 0.25) is 0 Å². The predicted molar refractivity (Wildman–Crippen MR) is 43.8 cm³/mol.